The quantitative estimate of drug-likeness (QED) is 0.761. The van der Waals surface area contributed by atoms with Gasteiger partial charge in [0.25, 0.3) is 0 Å². The average Bonchev–Trinajstić information content (AvgIpc) is 3.32. The maximum Gasteiger partial charge on any atom is 0.217 e. The summed E-state index contributed by atoms with van der Waals surface area (Å²) in [5.41, 5.74) is 2.24. The van der Waals surface area contributed by atoms with Crippen LogP contribution in [0.25, 0.3) is 11.0 Å². The lowest BCUT2D eigenvalue weighted by Crippen LogP contribution is -2.44. The summed E-state index contributed by atoms with van der Waals surface area (Å²) in [6.07, 6.45) is 4.54. The third kappa shape index (κ3) is 3.77. The Bertz CT molecular complexity index is 879. The van der Waals surface area contributed by atoms with Crippen molar-refractivity contribution in [1.82, 2.24) is 18.8 Å². The summed E-state index contributed by atoms with van der Waals surface area (Å²) >= 11 is 0. The smallest absolute Gasteiger partial charge is 0.217 e. The number of fused-ring (bicyclic) bond motifs is 1. The van der Waals surface area contributed by atoms with Gasteiger partial charge >= 0.3 is 0 Å². The number of hydrogen-bond acceptors (Lipinski definition) is 4. The summed E-state index contributed by atoms with van der Waals surface area (Å²) in [6, 6.07) is 8.30. The van der Waals surface area contributed by atoms with E-state index in [2.05, 4.69) is 34.6 Å². The van der Waals surface area contributed by atoms with Crippen LogP contribution < -0.4 is 0 Å². The van der Waals surface area contributed by atoms with Crippen LogP contribution in [0.15, 0.2) is 24.3 Å². The van der Waals surface area contributed by atoms with E-state index >= 15 is 0 Å². The second-order valence-electron chi connectivity index (χ2n) is 7.79. The molecular weight excluding hydrogens is 360 g/mol. The molecule has 2 aliphatic rings. The van der Waals surface area contributed by atoms with Crippen LogP contribution in [0, 0.1) is 0 Å². The Morgan fingerprint density at radius 3 is 2.48 bits per heavy atom. The average molecular weight is 391 g/mol. The SMILES string of the molecule is CCCn1c(CN2CCC(S(=O)(=O)N3CCCC3)CC2)nc2ccccc21. The predicted molar refractivity (Wildman–Crippen MR) is 108 cm³/mol. The molecule has 4 rings (SSSR count). The van der Waals surface area contributed by atoms with Gasteiger partial charge < -0.3 is 4.57 Å². The molecule has 2 aromatic rings. The predicted octanol–water partition coefficient (Wildman–Crippen LogP) is 2.84. The van der Waals surface area contributed by atoms with Crippen LogP contribution in [0.4, 0.5) is 0 Å². The highest BCUT2D eigenvalue weighted by Gasteiger charge is 2.36. The number of para-hydroxylation sites is 2. The number of hydrogen-bond donors (Lipinski definition) is 0. The first-order valence-corrected chi connectivity index (χ1v) is 11.8. The summed E-state index contributed by atoms with van der Waals surface area (Å²) in [6.45, 7) is 7.03. The monoisotopic (exact) mass is 390 g/mol. The second kappa shape index (κ2) is 7.89. The summed E-state index contributed by atoms with van der Waals surface area (Å²) in [5.74, 6) is 1.10. The molecule has 1 aromatic carbocycles. The molecule has 2 fully saturated rings. The zero-order chi connectivity index (χ0) is 18.9. The van der Waals surface area contributed by atoms with Crippen molar-refractivity contribution in [2.75, 3.05) is 26.2 Å². The maximum atomic E-state index is 12.8. The Balaban J connectivity index is 1.44. The highest BCUT2D eigenvalue weighted by Crippen LogP contribution is 2.25. The van der Waals surface area contributed by atoms with Crippen LogP contribution in [-0.2, 0) is 23.1 Å². The molecule has 2 aliphatic heterocycles. The molecule has 0 unspecified atom stereocenters. The molecule has 6 nitrogen and oxygen atoms in total. The minimum Gasteiger partial charge on any atom is -0.327 e. The van der Waals surface area contributed by atoms with Crippen LogP contribution >= 0.6 is 0 Å². The molecule has 1 aromatic heterocycles. The number of piperidine rings is 1. The molecule has 0 N–H and O–H groups in total. The van der Waals surface area contributed by atoms with Crippen molar-refractivity contribution in [3.8, 4) is 0 Å². The van der Waals surface area contributed by atoms with Gasteiger partial charge in [0.15, 0.2) is 0 Å². The molecule has 0 spiro atoms. The van der Waals surface area contributed by atoms with Crippen LogP contribution in [0.5, 0.6) is 0 Å². The van der Waals surface area contributed by atoms with E-state index in [-0.39, 0.29) is 5.25 Å². The van der Waals surface area contributed by atoms with Crippen LogP contribution in [0.1, 0.15) is 44.9 Å². The van der Waals surface area contributed by atoms with Gasteiger partial charge in [0.1, 0.15) is 5.82 Å². The van der Waals surface area contributed by atoms with Crippen molar-refractivity contribution in [1.29, 1.82) is 0 Å². The molecule has 0 atom stereocenters. The Labute approximate surface area is 162 Å². The Kier molecular flexibility index (Phi) is 5.53. The van der Waals surface area contributed by atoms with E-state index in [1.54, 1.807) is 4.31 Å². The van der Waals surface area contributed by atoms with Crippen LogP contribution in [-0.4, -0.2) is 58.6 Å². The van der Waals surface area contributed by atoms with Gasteiger partial charge in [-0.1, -0.05) is 19.1 Å². The molecule has 0 bridgehead atoms. The molecule has 3 heterocycles. The number of likely N-dealkylation sites (tertiary alicyclic amines) is 1. The van der Waals surface area contributed by atoms with Gasteiger partial charge in [-0.05, 0) is 57.3 Å². The van der Waals surface area contributed by atoms with Crippen molar-refractivity contribution < 1.29 is 8.42 Å². The second-order valence-corrected chi connectivity index (χ2v) is 10.0. The van der Waals surface area contributed by atoms with Gasteiger partial charge in [0.05, 0.1) is 22.8 Å². The number of rotatable bonds is 6. The lowest BCUT2D eigenvalue weighted by molar-refractivity contribution is 0.212. The molecular formula is C20H30N4O2S. The topological polar surface area (TPSA) is 58.4 Å². The molecule has 0 radical (unpaired) electrons. The van der Waals surface area contributed by atoms with Crippen molar-refractivity contribution in [3.63, 3.8) is 0 Å². The molecule has 0 amide bonds. The lowest BCUT2D eigenvalue weighted by Gasteiger charge is -2.33. The first kappa shape index (κ1) is 18.9. The van der Waals surface area contributed by atoms with E-state index in [4.69, 9.17) is 4.98 Å². The molecule has 7 heteroatoms. The summed E-state index contributed by atoms with van der Waals surface area (Å²) in [7, 11) is -3.11. The number of sulfonamides is 1. The molecule has 148 valence electrons. The highest BCUT2D eigenvalue weighted by atomic mass is 32.2. The summed E-state index contributed by atoms with van der Waals surface area (Å²) in [5, 5.41) is -0.207. The van der Waals surface area contributed by atoms with E-state index in [0.717, 1.165) is 69.6 Å². The van der Waals surface area contributed by atoms with Gasteiger partial charge in [0.2, 0.25) is 10.0 Å². The Morgan fingerprint density at radius 1 is 1.07 bits per heavy atom. The largest absolute Gasteiger partial charge is 0.327 e. The van der Waals surface area contributed by atoms with E-state index in [1.165, 1.54) is 5.52 Å². The zero-order valence-electron chi connectivity index (χ0n) is 16.2. The molecule has 27 heavy (non-hydrogen) atoms. The van der Waals surface area contributed by atoms with Gasteiger partial charge in [0, 0.05) is 19.6 Å². The third-order valence-corrected chi connectivity index (χ3v) is 8.33. The fourth-order valence-corrected chi connectivity index (χ4v) is 6.43. The highest BCUT2D eigenvalue weighted by molar-refractivity contribution is 7.89. The van der Waals surface area contributed by atoms with Crippen LogP contribution in [0.2, 0.25) is 0 Å². The lowest BCUT2D eigenvalue weighted by atomic mass is 10.1. The minimum absolute atomic E-state index is 0.207. The van der Waals surface area contributed by atoms with Gasteiger partial charge in [-0.25, -0.2) is 17.7 Å². The van der Waals surface area contributed by atoms with E-state index in [0.29, 0.717) is 13.1 Å². The number of imidazole rings is 1. The molecule has 0 saturated carbocycles. The fourth-order valence-electron chi connectivity index (χ4n) is 4.44. The number of aryl methyl sites for hydroxylation is 1. The van der Waals surface area contributed by atoms with Crippen LogP contribution in [0.3, 0.4) is 0 Å². The normalized spacial score (nSPS) is 20.6. The van der Waals surface area contributed by atoms with Crippen molar-refractivity contribution in [2.24, 2.45) is 0 Å². The first-order valence-electron chi connectivity index (χ1n) is 10.2. The maximum absolute atomic E-state index is 12.8. The minimum atomic E-state index is -3.11. The van der Waals surface area contributed by atoms with Crippen molar-refractivity contribution in [3.05, 3.63) is 30.1 Å². The molecule has 0 aliphatic carbocycles. The first-order chi connectivity index (χ1) is 13.1. The van der Waals surface area contributed by atoms with Crippen molar-refractivity contribution in [2.45, 2.75) is 57.4 Å². The Morgan fingerprint density at radius 2 is 1.78 bits per heavy atom. The number of benzene rings is 1. The van der Waals surface area contributed by atoms with Gasteiger partial charge in [-0.15, -0.1) is 0 Å². The fraction of sp³-hybridized carbons (Fsp3) is 0.650. The summed E-state index contributed by atoms with van der Waals surface area (Å²) < 4.78 is 29.6. The third-order valence-electron chi connectivity index (χ3n) is 5.93. The number of nitrogens with zero attached hydrogens (tertiary/aromatic N) is 4. The van der Waals surface area contributed by atoms with E-state index in [1.807, 2.05) is 6.07 Å². The van der Waals surface area contributed by atoms with Gasteiger partial charge in [-0.2, -0.15) is 0 Å². The zero-order valence-corrected chi connectivity index (χ0v) is 17.0. The Hall–Kier alpha value is -1.44. The molecule has 2 saturated heterocycles. The number of aromatic nitrogens is 2. The van der Waals surface area contributed by atoms with E-state index < -0.39 is 10.0 Å². The van der Waals surface area contributed by atoms with Gasteiger partial charge in [-0.3, -0.25) is 4.90 Å². The van der Waals surface area contributed by atoms with Crippen molar-refractivity contribution >= 4 is 21.1 Å². The summed E-state index contributed by atoms with van der Waals surface area (Å²) in [4.78, 5) is 7.22. The van der Waals surface area contributed by atoms with E-state index in [9.17, 15) is 8.42 Å². The standard InChI is InChI=1S/C20H30N4O2S/c1-2-11-24-19-8-4-3-7-18(19)21-20(24)16-22-14-9-17(10-15-22)27(25,26)23-12-5-6-13-23/h3-4,7-8,17H,2,5-6,9-16H2,1H3.